The van der Waals surface area contributed by atoms with Crippen LogP contribution in [-0.4, -0.2) is 30.3 Å². The predicted molar refractivity (Wildman–Crippen MR) is 118 cm³/mol. The molecule has 0 N–H and O–H groups in total. The minimum Gasteiger partial charge on any atom is -0.296 e. The molecule has 6 heteroatoms. The number of anilines is 1. The summed E-state index contributed by atoms with van der Waals surface area (Å²) in [7, 11) is 1.75. The minimum absolute atomic E-state index is 0.165. The number of urea groups is 1. The maximum Gasteiger partial charge on any atom is 0.344 e. The van der Waals surface area contributed by atoms with Crippen molar-refractivity contribution in [2.24, 2.45) is 16.4 Å². The molecule has 0 spiro atoms. The van der Waals surface area contributed by atoms with E-state index in [0.717, 1.165) is 23.4 Å². The third kappa shape index (κ3) is 4.34. The first-order valence-corrected chi connectivity index (χ1v) is 10.1. The average molecular weight is 418 g/mol. The van der Waals surface area contributed by atoms with Gasteiger partial charge >= 0.3 is 6.03 Å². The normalized spacial score (nSPS) is 19.1. The van der Waals surface area contributed by atoms with Gasteiger partial charge in [-0.2, -0.15) is 5.10 Å². The molecule has 0 fully saturated rings. The molecule has 0 aliphatic carbocycles. The van der Waals surface area contributed by atoms with Gasteiger partial charge in [-0.05, 0) is 54.3 Å². The Morgan fingerprint density at radius 2 is 1.64 bits per heavy atom. The molecule has 28 heavy (non-hydrogen) atoms. The summed E-state index contributed by atoms with van der Waals surface area (Å²) < 4.78 is 0. The van der Waals surface area contributed by atoms with E-state index in [2.05, 4.69) is 20.8 Å². The summed E-state index contributed by atoms with van der Waals surface area (Å²) in [5.41, 5.74) is 2.47. The van der Waals surface area contributed by atoms with Gasteiger partial charge in [-0.25, -0.2) is 9.80 Å². The fourth-order valence-electron chi connectivity index (χ4n) is 3.82. The monoisotopic (exact) mass is 417 g/mol. The summed E-state index contributed by atoms with van der Waals surface area (Å²) in [4.78, 5) is 14.7. The van der Waals surface area contributed by atoms with E-state index in [-0.39, 0.29) is 11.4 Å². The predicted octanol–water partition coefficient (Wildman–Crippen LogP) is 6.32. The van der Waals surface area contributed by atoms with Gasteiger partial charge in [-0.1, -0.05) is 56.1 Å². The van der Waals surface area contributed by atoms with Crippen LogP contribution in [0, 0.1) is 11.3 Å². The Kier molecular flexibility index (Phi) is 6.01. The summed E-state index contributed by atoms with van der Waals surface area (Å²) in [6.45, 7) is 7.10. The van der Waals surface area contributed by atoms with E-state index < -0.39 is 0 Å². The minimum atomic E-state index is -0.224. The molecule has 0 saturated heterocycles. The Hall–Kier alpha value is -2.04. The van der Waals surface area contributed by atoms with Crippen molar-refractivity contribution in [3.05, 3.63) is 64.1 Å². The van der Waals surface area contributed by atoms with Gasteiger partial charge < -0.3 is 0 Å². The van der Waals surface area contributed by atoms with Crippen LogP contribution >= 0.6 is 23.2 Å². The zero-order valence-electron chi connectivity index (χ0n) is 16.6. The third-order valence-electron chi connectivity index (χ3n) is 4.99. The van der Waals surface area contributed by atoms with E-state index in [0.29, 0.717) is 22.5 Å². The summed E-state index contributed by atoms with van der Waals surface area (Å²) in [6.07, 6.45) is 0.933. The van der Waals surface area contributed by atoms with Crippen molar-refractivity contribution < 1.29 is 4.79 Å². The first-order chi connectivity index (χ1) is 13.2. The Morgan fingerprint density at radius 1 is 1.11 bits per heavy atom. The number of carbonyl (C=O) groups is 1. The standard InChI is InChI=1S/C22H25Cl2N3O/c1-15(2)13-22(3)14-27(25-20(22)16-5-7-17(23)8-6-16)21(28)26(4)19-11-9-18(24)10-12-19/h5-12,15H,13-14H2,1-4H3. The molecule has 0 radical (unpaired) electrons. The van der Waals surface area contributed by atoms with Crippen LogP contribution in [0.5, 0.6) is 0 Å². The molecule has 3 rings (SSSR count). The molecule has 2 aromatic rings. The van der Waals surface area contributed by atoms with Crippen molar-refractivity contribution in [1.29, 1.82) is 0 Å². The molecular weight excluding hydrogens is 393 g/mol. The molecular formula is C22H25Cl2N3O. The molecule has 1 atom stereocenters. The molecule has 4 nitrogen and oxygen atoms in total. The number of amides is 2. The van der Waals surface area contributed by atoms with Crippen molar-refractivity contribution >= 4 is 40.6 Å². The van der Waals surface area contributed by atoms with E-state index >= 15 is 0 Å². The van der Waals surface area contributed by atoms with Crippen LogP contribution in [0.15, 0.2) is 53.6 Å². The molecule has 2 amide bonds. The summed E-state index contributed by atoms with van der Waals surface area (Å²) >= 11 is 12.0. The third-order valence-corrected chi connectivity index (χ3v) is 5.49. The molecule has 0 bridgehead atoms. The number of benzene rings is 2. The van der Waals surface area contributed by atoms with Crippen molar-refractivity contribution in [3.8, 4) is 0 Å². The van der Waals surface area contributed by atoms with E-state index in [4.69, 9.17) is 28.3 Å². The van der Waals surface area contributed by atoms with Crippen LogP contribution in [0.1, 0.15) is 32.8 Å². The zero-order chi connectivity index (χ0) is 20.5. The Bertz CT molecular complexity index is 878. The van der Waals surface area contributed by atoms with E-state index in [1.807, 2.05) is 36.4 Å². The Balaban J connectivity index is 1.92. The highest BCUT2D eigenvalue weighted by Crippen LogP contribution is 2.37. The largest absolute Gasteiger partial charge is 0.344 e. The van der Waals surface area contributed by atoms with Gasteiger partial charge in [0.05, 0.1) is 12.3 Å². The fraction of sp³-hybridized carbons (Fsp3) is 0.364. The van der Waals surface area contributed by atoms with Crippen LogP contribution in [0.3, 0.4) is 0 Å². The SMILES string of the molecule is CC(C)CC1(C)CN(C(=O)N(C)c2ccc(Cl)cc2)N=C1c1ccc(Cl)cc1. The highest BCUT2D eigenvalue weighted by molar-refractivity contribution is 6.31. The van der Waals surface area contributed by atoms with Crippen molar-refractivity contribution in [3.63, 3.8) is 0 Å². The lowest BCUT2D eigenvalue weighted by molar-refractivity contribution is 0.198. The van der Waals surface area contributed by atoms with E-state index in [1.54, 1.807) is 29.1 Å². The highest BCUT2D eigenvalue weighted by Gasteiger charge is 2.42. The van der Waals surface area contributed by atoms with Gasteiger partial charge in [0.15, 0.2) is 0 Å². The average Bonchev–Trinajstić information content (AvgIpc) is 2.98. The van der Waals surface area contributed by atoms with Crippen LogP contribution in [0.4, 0.5) is 10.5 Å². The van der Waals surface area contributed by atoms with Crippen molar-refractivity contribution in [2.75, 3.05) is 18.5 Å². The first kappa shape index (κ1) is 20.7. The van der Waals surface area contributed by atoms with Gasteiger partial charge in [0.1, 0.15) is 0 Å². The lowest BCUT2D eigenvalue weighted by atomic mass is 9.76. The first-order valence-electron chi connectivity index (χ1n) is 9.35. The second-order valence-electron chi connectivity index (χ2n) is 7.99. The zero-order valence-corrected chi connectivity index (χ0v) is 18.1. The lowest BCUT2D eigenvalue weighted by Crippen LogP contribution is -2.40. The Morgan fingerprint density at radius 3 is 2.18 bits per heavy atom. The number of hydrogen-bond donors (Lipinski definition) is 0. The number of rotatable bonds is 4. The lowest BCUT2D eigenvalue weighted by Gasteiger charge is -2.29. The van der Waals surface area contributed by atoms with Crippen LogP contribution < -0.4 is 4.90 Å². The van der Waals surface area contributed by atoms with Gasteiger partial charge in [0, 0.05) is 28.2 Å². The molecule has 0 aromatic heterocycles. The van der Waals surface area contributed by atoms with E-state index in [9.17, 15) is 4.79 Å². The number of carbonyl (C=O) groups excluding carboxylic acids is 1. The van der Waals surface area contributed by atoms with Crippen LogP contribution in [0.25, 0.3) is 0 Å². The quantitative estimate of drug-likeness (QED) is 0.572. The maximum absolute atomic E-state index is 13.1. The van der Waals surface area contributed by atoms with Crippen LogP contribution in [0.2, 0.25) is 10.0 Å². The summed E-state index contributed by atoms with van der Waals surface area (Å²) in [6, 6.07) is 14.7. The highest BCUT2D eigenvalue weighted by atomic mass is 35.5. The molecule has 1 aliphatic heterocycles. The number of hydrogen-bond acceptors (Lipinski definition) is 2. The second-order valence-corrected chi connectivity index (χ2v) is 8.86. The van der Waals surface area contributed by atoms with Gasteiger partial charge in [0.25, 0.3) is 0 Å². The van der Waals surface area contributed by atoms with Crippen molar-refractivity contribution in [2.45, 2.75) is 27.2 Å². The van der Waals surface area contributed by atoms with E-state index in [1.165, 1.54) is 0 Å². The Labute approximate surface area is 176 Å². The topological polar surface area (TPSA) is 35.9 Å². The molecule has 1 aliphatic rings. The summed E-state index contributed by atoms with van der Waals surface area (Å²) in [5.74, 6) is 0.478. The van der Waals surface area contributed by atoms with Crippen LogP contribution in [-0.2, 0) is 0 Å². The van der Waals surface area contributed by atoms with Crippen molar-refractivity contribution in [1.82, 2.24) is 5.01 Å². The number of halogens is 2. The van der Waals surface area contributed by atoms with Gasteiger partial charge in [0.2, 0.25) is 0 Å². The van der Waals surface area contributed by atoms with Gasteiger partial charge in [-0.3, -0.25) is 4.90 Å². The molecule has 1 heterocycles. The fourth-order valence-corrected chi connectivity index (χ4v) is 4.07. The summed E-state index contributed by atoms with van der Waals surface area (Å²) in [5, 5.41) is 7.64. The van der Waals surface area contributed by atoms with Gasteiger partial charge in [-0.15, -0.1) is 0 Å². The second kappa shape index (κ2) is 8.14. The molecule has 148 valence electrons. The molecule has 2 aromatic carbocycles. The smallest absolute Gasteiger partial charge is 0.296 e. The maximum atomic E-state index is 13.1. The molecule has 0 saturated carbocycles. The number of hydrazone groups is 1. The molecule has 1 unspecified atom stereocenters. The number of nitrogens with zero attached hydrogens (tertiary/aromatic N) is 3.